The van der Waals surface area contributed by atoms with Crippen molar-refractivity contribution in [3.63, 3.8) is 0 Å². The van der Waals surface area contributed by atoms with Crippen LogP contribution in [0.25, 0.3) is 0 Å². The number of nitrogens with two attached hydrogens (primary N) is 1. The van der Waals surface area contributed by atoms with Crippen LogP contribution in [0.1, 0.15) is 65.2 Å². The minimum Gasteiger partial charge on any atom is -0.379 e. The fraction of sp³-hybridized carbons (Fsp3) is 1.00. The molecular formula is C12H27NO. The Labute approximate surface area is 88.9 Å². The van der Waals surface area contributed by atoms with E-state index in [4.69, 9.17) is 10.8 Å². The highest BCUT2D eigenvalue weighted by Crippen LogP contribution is 2.15. The molecule has 0 fully saturated rings. The fourth-order valence-corrected chi connectivity index (χ4v) is 1.80. The van der Waals surface area contributed by atoms with Gasteiger partial charge in [0.25, 0.3) is 0 Å². The van der Waals surface area contributed by atoms with Crippen LogP contribution >= 0.6 is 0 Å². The largest absolute Gasteiger partial charge is 0.379 e. The summed E-state index contributed by atoms with van der Waals surface area (Å²) in [4.78, 5) is 0. The van der Waals surface area contributed by atoms with Crippen molar-refractivity contribution in [3.05, 3.63) is 0 Å². The predicted molar refractivity (Wildman–Crippen MR) is 62.0 cm³/mol. The van der Waals surface area contributed by atoms with Gasteiger partial charge in [0.1, 0.15) is 6.23 Å². The van der Waals surface area contributed by atoms with Gasteiger partial charge in [0, 0.05) is 0 Å². The topological polar surface area (TPSA) is 46.2 Å². The van der Waals surface area contributed by atoms with E-state index in [1.165, 1.54) is 44.9 Å². The van der Waals surface area contributed by atoms with Gasteiger partial charge in [0.15, 0.2) is 0 Å². The molecule has 2 heteroatoms. The summed E-state index contributed by atoms with van der Waals surface area (Å²) in [5.74, 6) is 0.571. The summed E-state index contributed by atoms with van der Waals surface area (Å²) in [6.07, 6.45) is 9.39. The van der Waals surface area contributed by atoms with Crippen LogP contribution in [0.15, 0.2) is 0 Å². The summed E-state index contributed by atoms with van der Waals surface area (Å²) in [5.41, 5.74) is 5.32. The molecule has 86 valence electrons. The maximum Gasteiger partial charge on any atom is 0.102 e. The van der Waals surface area contributed by atoms with E-state index in [1.54, 1.807) is 0 Å². The molecule has 0 spiro atoms. The van der Waals surface area contributed by atoms with Gasteiger partial charge in [-0.1, -0.05) is 58.8 Å². The molecule has 0 bridgehead atoms. The van der Waals surface area contributed by atoms with Gasteiger partial charge >= 0.3 is 0 Å². The zero-order valence-corrected chi connectivity index (χ0v) is 9.84. The van der Waals surface area contributed by atoms with Crippen LogP contribution in [-0.4, -0.2) is 11.3 Å². The molecule has 0 aromatic heterocycles. The van der Waals surface area contributed by atoms with Crippen molar-refractivity contribution < 1.29 is 5.11 Å². The second-order valence-electron chi connectivity index (χ2n) is 4.46. The number of rotatable bonds is 9. The standard InChI is InChI=1S/C12H27NO/c1-3-4-5-6-7-8-9-11(2)10-12(13)14/h11-12,14H,3-10,13H2,1-2H3. The van der Waals surface area contributed by atoms with Crippen LogP contribution in [0.4, 0.5) is 0 Å². The highest BCUT2D eigenvalue weighted by atomic mass is 16.3. The van der Waals surface area contributed by atoms with Crippen molar-refractivity contribution in [3.8, 4) is 0 Å². The van der Waals surface area contributed by atoms with E-state index in [9.17, 15) is 0 Å². The maximum absolute atomic E-state index is 8.97. The van der Waals surface area contributed by atoms with Crippen LogP contribution in [0.5, 0.6) is 0 Å². The minimum atomic E-state index is -0.620. The number of unbranched alkanes of at least 4 members (excludes halogenated alkanes) is 5. The van der Waals surface area contributed by atoms with E-state index in [0.29, 0.717) is 5.92 Å². The highest BCUT2D eigenvalue weighted by Gasteiger charge is 2.05. The second-order valence-corrected chi connectivity index (χ2v) is 4.46. The molecule has 2 nitrogen and oxygen atoms in total. The molecule has 0 saturated heterocycles. The molecule has 3 N–H and O–H groups in total. The quantitative estimate of drug-likeness (QED) is 0.445. The first kappa shape index (κ1) is 13.9. The maximum atomic E-state index is 8.97. The zero-order chi connectivity index (χ0) is 10.8. The van der Waals surface area contributed by atoms with Crippen molar-refractivity contribution in [2.75, 3.05) is 0 Å². The summed E-state index contributed by atoms with van der Waals surface area (Å²) >= 11 is 0. The van der Waals surface area contributed by atoms with Gasteiger partial charge in [-0.2, -0.15) is 0 Å². The van der Waals surface area contributed by atoms with Crippen molar-refractivity contribution in [2.24, 2.45) is 11.7 Å². The molecule has 0 aliphatic rings. The average molecular weight is 201 g/mol. The van der Waals surface area contributed by atoms with Crippen LogP contribution in [0.3, 0.4) is 0 Å². The van der Waals surface area contributed by atoms with Crippen molar-refractivity contribution >= 4 is 0 Å². The Balaban J connectivity index is 3.10. The SMILES string of the molecule is CCCCCCCCC(C)CC(N)O. The van der Waals surface area contributed by atoms with Gasteiger partial charge in [0.05, 0.1) is 0 Å². The lowest BCUT2D eigenvalue weighted by atomic mass is 9.98. The minimum absolute atomic E-state index is 0.571. The van der Waals surface area contributed by atoms with Crippen molar-refractivity contribution in [1.82, 2.24) is 0 Å². The molecule has 0 rings (SSSR count). The monoisotopic (exact) mass is 201 g/mol. The van der Waals surface area contributed by atoms with Crippen LogP contribution in [0, 0.1) is 5.92 Å². The van der Waals surface area contributed by atoms with Gasteiger partial charge in [-0.05, 0) is 12.3 Å². The van der Waals surface area contributed by atoms with Gasteiger partial charge in [-0.3, -0.25) is 0 Å². The number of hydrogen-bond donors (Lipinski definition) is 2. The molecule has 0 heterocycles. The van der Waals surface area contributed by atoms with Crippen LogP contribution < -0.4 is 5.73 Å². The molecule has 14 heavy (non-hydrogen) atoms. The Kier molecular flexibility index (Phi) is 9.42. The lowest BCUT2D eigenvalue weighted by Crippen LogP contribution is -2.21. The third-order valence-corrected chi connectivity index (χ3v) is 2.69. The molecule has 0 aromatic carbocycles. The van der Waals surface area contributed by atoms with E-state index in [0.717, 1.165) is 6.42 Å². The number of hydrogen-bond acceptors (Lipinski definition) is 2. The molecule has 0 aliphatic carbocycles. The first-order valence-electron chi connectivity index (χ1n) is 6.10. The summed E-state index contributed by atoms with van der Waals surface area (Å²) in [5, 5.41) is 8.97. The molecule has 0 saturated carbocycles. The fourth-order valence-electron chi connectivity index (χ4n) is 1.80. The molecular weight excluding hydrogens is 174 g/mol. The van der Waals surface area contributed by atoms with Crippen molar-refractivity contribution in [2.45, 2.75) is 71.4 Å². The predicted octanol–water partition coefficient (Wildman–Crippen LogP) is 3.04. The smallest absolute Gasteiger partial charge is 0.102 e. The third-order valence-electron chi connectivity index (χ3n) is 2.69. The molecule has 0 amide bonds. The normalized spacial score (nSPS) is 15.4. The molecule has 0 aromatic rings. The van der Waals surface area contributed by atoms with E-state index in [2.05, 4.69) is 13.8 Å². The Hall–Kier alpha value is -0.0800. The average Bonchev–Trinajstić information content (AvgIpc) is 2.10. The zero-order valence-electron chi connectivity index (χ0n) is 9.84. The molecule has 2 unspecified atom stereocenters. The van der Waals surface area contributed by atoms with Gasteiger partial charge in [-0.25, -0.2) is 0 Å². The van der Waals surface area contributed by atoms with Gasteiger partial charge < -0.3 is 10.8 Å². The second kappa shape index (κ2) is 9.47. The van der Waals surface area contributed by atoms with E-state index >= 15 is 0 Å². The summed E-state index contributed by atoms with van der Waals surface area (Å²) < 4.78 is 0. The Morgan fingerprint density at radius 2 is 1.64 bits per heavy atom. The Morgan fingerprint density at radius 3 is 2.21 bits per heavy atom. The Bertz CT molecular complexity index is 115. The van der Waals surface area contributed by atoms with E-state index in [-0.39, 0.29) is 0 Å². The number of aliphatic hydroxyl groups excluding tert-OH is 1. The first-order chi connectivity index (χ1) is 6.66. The molecule has 0 radical (unpaired) electrons. The van der Waals surface area contributed by atoms with Gasteiger partial charge in [-0.15, -0.1) is 0 Å². The molecule has 0 aliphatic heterocycles. The van der Waals surface area contributed by atoms with Crippen molar-refractivity contribution in [1.29, 1.82) is 0 Å². The Morgan fingerprint density at radius 1 is 1.07 bits per heavy atom. The number of aliphatic hydroxyl groups is 1. The summed E-state index contributed by atoms with van der Waals surface area (Å²) in [7, 11) is 0. The third kappa shape index (κ3) is 10.0. The summed E-state index contributed by atoms with van der Waals surface area (Å²) in [6, 6.07) is 0. The first-order valence-corrected chi connectivity index (χ1v) is 6.10. The highest BCUT2D eigenvalue weighted by molar-refractivity contribution is 4.57. The van der Waals surface area contributed by atoms with E-state index < -0.39 is 6.23 Å². The van der Waals surface area contributed by atoms with Crippen LogP contribution in [-0.2, 0) is 0 Å². The van der Waals surface area contributed by atoms with E-state index in [1.807, 2.05) is 0 Å². The lowest BCUT2D eigenvalue weighted by molar-refractivity contribution is 0.149. The summed E-state index contributed by atoms with van der Waals surface area (Å²) in [6.45, 7) is 4.41. The lowest BCUT2D eigenvalue weighted by Gasteiger charge is -2.12. The van der Waals surface area contributed by atoms with Gasteiger partial charge in [0.2, 0.25) is 0 Å². The van der Waals surface area contributed by atoms with Crippen LogP contribution in [0.2, 0.25) is 0 Å². The molecule has 2 atom stereocenters.